The fourth-order valence-corrected chi connectivity index (χ4v) is 2.91. The van der Waals surface area contributed by atoms with E-state index in [0.717, 1.165) is 11.3 Å². The summed E-state index contributed by atoms with van der Waals surface area (Å²) in [5.74, 6) is -2.11. The molecule has 1 amide bonds. The number of hydrogen-bond donors (Lipinski definition) is 2. The summed E-state index contributed by atoms with van der Waals surface area (Å²) in [6.07, 6.45) is 2.14. The predicted molar refractivity (Wildman–Crippen MR) is 87.6 cm³/mol. The number of carboxylic acids is 1. The molecule has 128 valence electrons. The average molecular weight is 351 g/mol. The number of carboxylic acid groups (broad SMARTS) is 1. The van der Waals surface area contributed by atoms with E-state index >= 15 is 0 Å². The highest BCUT2D eigenvalue weighted by Gasteiger charge is 2.21. The van der Waals surface area contributed by atoms with Crippen molar-refractivity contribution >= 4 is 34.2 Å². The topological polar surface area (TPSA) is 111 Å². The number of thiophene rings is 1. The van der Waals surface area contributed by atoms with Gasteiger partial charge in [0.25, 0.3) is 5.91 Å². The van der Waals surface area contributed by atoms with Crippen molar-refractivity contribution in [1.82, 2.24) is 9.78 Å². The first kappa shape index (κ1) is 17.7. The van der Waals surface area contributed by atoms with Crippen LogP contribution in [0.4, 0.5) is 5.00 Å². The second-order valence-electron chi connectivity index (χ2n) is 4.95. The Morgan fingerprint density at radius 1 is 1.46 bits per heavy atom. The van der Waals surface area contributed by atoms with Crippen LogP contribution in [0.1, 0.15) is 45.6 Å². The summed E-state index contributed by atoms with van der Waals surface area (Å²) in [4.78, 5) is 36.0. The van der Waals surface area contributed by atoms with Gasteiger partial charge in [-0.2, -0.15) is 5.10 Å². The van der Waals surface area contributed by atoms with E-state index in [1.165, 1.54) is 42.3 Å². The maximum Gasteiger partial charge on any atom is 0.340 e. The summed E-state index contributed by atoms with van der Waals surface area (Å²) >= 11 is 1.28. The summed E-state index contributed by atoms with van der Waals surface area (Å²) in [5.41, 5.74) is 0.344. The highest BCUT2D eigenvalue weighted by molar-refractivity contribution is 7.16. The number of rotatable bonds is 6. The third-order valence-corrected chi connectivity index (χ3v) is 4.55. The van der Waals surface area contributed by atoms with E-state index in [-0.39, 0.29) is 11.3 Å². The molecule has 0 saturated heterocycles. The lowest BCUT2D eigenvalue weighted by molar-refractivity contribution is -0.140. The summed E-state index contributed by atoms with van der Waals surface area (Å²) in [5, 5.41) is 15.9. The van der Waals surface area contributed by atoms with Gasteiger partial charge in [0, 0.05) is 11.1 Å². The second-order valence-corrected chi connectivity index (χ2v) is 6.09. The van der Waals surface area contributed by atoms with Crippen molar-refractivity contribution in [2.45, 2.75) is 26.3 Å². The van der Waals surface area contributed by atoms with Gasteiger partial charge in [-0.3, -0.25) is 9.48 Å². The molecule has 1 atom stereocenters. The molecule has 2 N–H and O–H groups in total. The van der Waals surface area contributed by atoms with Gasteiger partial charge >= 0.3 is 11.9 Å². The molecule has 0 spiro atoms. The van der Waals surface area contributed by atoms with Crippen LogP contribution in [0.3, 0.4) is 0 Å². The normalized spacial score (nSPS) is 11.8. The number of nitrogens with one attached hydrogen (secondary N) is 1. The van der Waals surface area contributed by atoms with Gasteiger partial charge in [0.15, 0.2) is 5.69 Å². The van der Waals surface area contributed by atoms with Gasteiger partial charge in [-0.25, -0.2) is 9.59 Å². The van der Waals surface area contributed by atoms with Crippen molar-refractivity contribution in [3.8, 4) is 0 Å². The first-order chi connectivity index (χ1) is 11.4. The standard InChI is InChI=1S/C15H17N3O5S/c1-4-9-7-10(15(22)23-3)13(24-9)16-12(19)11-5-6-18(17-11)8(2)14(20)21/h5-8H,4H2,1-3H3,(H,16,19)(H,20,21). The molecule has 1 unspecified atom stereocenters. The zero-order valence-electron chi connectivity index (χ0n) is 13.4. The number of aryl methyl sites for hydroxylation is 1. The van der Waals surface area contributed by atoms with Gasteiger partial charge < -0.3 is 15.2 Å². The number of carbonyl (C=O) groups is 3. The largest absolute Gasteiger partial charge is 0.480 e. The van der Waals surface area contributed by atoms with E-state index in [9.17, 15) is 14.4 Å². The molecule has 2 aromatic rings. The second kappa shape index (κ2) is 7.26. The number of amides is 1. The van der Waals surface area contributed by atoms with E-state index < -0.39 is 23.9 Å². The zero-order valence-corrected chi connectivity index (χ0v) is 14.2. The van der Waals surface area contributed by atoms with Crippen molar-refractivity contribution < 1.29 is 24.2 Å². The molecule has 0 aliphatic heterocycles. The first-order valence-electron chi connectivity index (χ1n) is 7.17. The van der Waals surface area contributed by atoms with E-state index in [0.29, 0.717) is 5.00 Å². The van der Waals surface area contributed by atoms with Crippen LogP contribution in [0.5, 0.6) is 0 Å². The van der Waals surface area contributed by atoms with Crippen molar-refractivity contribution in [3.63, 3.8) is 0 Å². The van der Waals surface area contributed by atoms with Crippen LogP contribution in [-0.4, -0.2) is 39.8 Å². The molecular weight excluding hydrogens is 334 g/mol. The predicted octanol–water partition coefficient (Wildman–Crippen LogP) is 2.19. The summed E-state index contributed by atoms with van der Waals surface area (Å²) < 4.78 is 5.90. The number of hydrogen-bond acceptors (Lipinski definition) is 6. The minimum atomic E-state index is -1.05. The minimum Gasteiger partial charge on any atom is -0.480 e. The monoisotopic (exact) mass is 351 g/mol. The van der Waals surface area contributed by atoms with Crippen LogP contribution in [0.15, 0.2) is 18.3 Å². The average Bonchev–Trinajstić information content (AvgIpc) is 3.20. The maximum absolute atomic E-state index is 12.3. The Labute approximate surface area is 142 Å². The Kier molecular flexibility index (Phi) is 5.35. The van der Waals surface area contributed by atoms with Crippen molar-refractivity contribution in [2.24, 2.45) is 0 Å². The quantitative estimate of drug-likeness (QED) is 0.772. The van der Waals surface area contributed by atoms with Crippen molar-refractivity contribution in [2.75, 3.05) is 12.4 Å². The first-order valence-corrected chi connectivity index (χ1v) is 7.99. The van der Waals surface area contributed by atoms with E-state index in [1.807, 2.05) is 6.92 Å². The fourth-order valence-electron chi connectivity index (χ4n) is 1.93. The molecule has 2 aromatic heterocycles. The number of aliphatic carboxylic acids is 1. The fraction of sp³-hybridized carbons (Fsp3) is 0.333. The van der Waals surface area contributed by atoms with Gasteiger partial charge in [0.05, 0.1) is 12.7 Å². The number of ether oxygens (including phenoxy) is 1. The Balaban J connectivity index is 2.22. The number of carbonyl (C=O) groups excluding carboxylic acids is 2. The van der Waals surface area contributed by atoms with Crippen LogP contribution in [0, 0.1) is 0 Å². The van der Waals surface area contributed by atoms with Gasteiger partial charge in [-0.1, -0.05) is 6.92 Å². The molecule has 0 fully saturated rings. The minimum absolute atomic E-state index is 0.0605. The van der Waals surface area contributed by atoms with Crippen molar-refractivity contribution in [1.29, 1.82) is 0 Å². The van der Waals surface area contributed by atoms with Gasteiger partial charge in [-0.15, -0.1) is 11.3 Å². The summed E-state index contributed by atoms with van der Waals surface area (Å²) in [6, 6.07) is 2.21. The molecule has 8 nitrogen and oxygen atoms in total. The third-order valence-electron chi connectivity index (χ3n) is 3.36. The third kappa shape index (κ3) is 3.62. The van der Waals surface area contributed by atoms with Gasteiger partial charge in [0.2, 0.25) is 0 Å². The highest BCUT2D eigenvalue weighted by atomic mass is 32.1. The lowest BCUT2D eigenvalue weighted by atomic mass is 10.2. The van der Waals surface area contributed by atoms with Crippen LogP contribution in [0.2, 0.25) is 0 Å². The number of nitrogens with zero attached hydrogens (tertiary/aromatic N) is 2. The number of aromatic nitrogens is 2. The van der Waals surface area contributed by atoms with Crippen LogP contribution < -0.4 is 5.32 Å². The SMILES string of the molecule is CCc1cc(C(=O)OC)c(NC(=O)c2ccn(C(C)C(=O)O)n2)s1. The van der Waals surface area contributed by atoms with Crippen LogP contribution >= 0.6 is 11.3 Å². The summed E-state index contributed by atoms with van der Waals surface area (Å²) in [6.45, 7) is 3.40. The molecule has 24 heavy (non-hydrogen) atoms. The molecular formula is C15H17N3O5S. The van der Waals surface area contributed by atoms with Gasteiger partial charge in [-0.05, 0) is 25.5 Å². The molecule has 0 radical (unpaired) electrons. The Morgan fingerprint density at radius 2 is 2.17 bits per heavy atom. The van der Waals surface area contributed by atoms with Gasteiger partial charge in [0.1, 0.15) is 11.0 Å². The summed E-state index contributed by atoms with van der Waals surface area (Å²) in [7, 11) is 1.27. The van der Waals surface area contributed by atoms with E-state index in [2.05, 4.69) is 10.4 Å². The number of methoxy groups -OCH3 is 1. The number of anilines is 1. The molecule has 0 aliphatic carbocycles. The van der Waals surface area contributed by atoms with Crippen LogP contribution in [-0.2, 0) is 16.0 Å². The molecule has 0 aromatic carbocycles. The number of esters is 1. The molecule has 2 heterocycles. The van der Waals surface area contributed by atoms with E-state index in [4.69, 9.17) is 9.84 Å². The van der Waals surface area contributed by atoms with Crippen LogP contribution in [0.25, 0.3) is 0 Å². The Morgan fingerprint density at radius 3 is 2.75 bits per heavy atom. The van der Waals surface area contributed by atoms with Crippen molar-refractivity contribution in [3.05, 3.63) is 34.5 Å². The zero-order chi connectivity index (χ0) is 17.9. The molecule has 0 aliphatic rings. The maximum atomic E-state index is 12.3. The lowest BCUT2D eigenvalue weighted by Gasteiger charge is -2.06. The molecule has 2 rings (SSSR count). The lowest BCUT2D eigenvalue weighted by Crippen LogP contribution is -2.18. The Bertz CT molecular complexity index is 780. The molecule has 0 bridgehead atoms. The smallest absolute Gasteiger partial charge is 0.340 e. The highest BCUT2D eigenvalue weighted by Crippen LogP contribution is 2.29. The van der Waals surface area contributed by atoms with E-state index in [1.54, 1.807) is 6.07 Å². The Hall–Kier alpha value is -2.68. The molecule has 9 heteroatoms. The molecule has 0 saturated carbocycles.